The molecule has 27 heavy (non-hydrogen) atoms. The maximum absolute atomic E-state index is 12.0. The Bertz CT molecular complexity index is 545. The van der Waals surface area contributed by atoms with Crippen LogP contribution in [-0.2, 0) is 14.0 Å². The van der Waals surface area contributed by atoms with E-state index in [1.54, 1.807) is 24.4 Å². The predicted molar refractivity (Wildman–Crippen MR) is 111 cm³/mol. The molecule has 154 valence electrons. The van der Waals surface area contributed by atoms with Crippen molar-refractivity contribution in [1.29, 1.82) is 0 Å². The molecule has 2 atom stereocenters. The summed E-state index contributed by atoms with van der Waals surface area (Å²) in [4.78, 5) is 16.0. The van der Waals surface area contributed by atoms with Gasteiger partial charge in [-0.05, 0) is 35.7 Å². The summed E-state index contributed by atoms with van der Waals surface area (Å²) in [6.45, 7) is 15.7. The van der Waals surface area contributed by atoms with Crippen LogP contribution in [0.25, 0.3) is 0 Å². The lowest BCUT2D eigenvalue weighted by molar-refractivity contribution is -0.128. The van der Waals surface area contributed by atoms with Gasteiger partial charge >= 0.3 is 0 Å². The molecule has 0 bridgehead atoms. The molecule has 1 rings (SSSR count). The van der Waals surface area contributed by atoms with E-state index in [1.165, 1.54) is 0 Å². The number of pyridine rings is 1. The minimum atomic E-state index is -1.95. The van der Waals surface area contributed by atoms with Gasteiger partial charge in [0.15, 0.2) is 14.4 Å². The third-order valence-electron chi connectivity index (χ3n) is 5.03. The van der Waals surface area contributed by atoms with Crippen molar-refractivity contribution in [2.45, 2.75) is 77.3 Å². The zero-order valence-electron chi connectivity index (χ0n) is 17.7. The number of ether oxygens (including phenoxy) is 1. The van der Waals surface area contributed by atoms with Crippen molar-refractivity contribution in [2.24, 2.45) is 0 Å². The van der Waals surface area contributed by atoms with Gasteiger partial charge in [0.25, 0.3) is 5.91 Å². The molecule has 0 saturated heterocycles. The third kappa shape index (κ3) is 6.67. The number of hydrogen-bond donors (Lipinski definition) is 2. The number of carbonyl (C=O) groups excluding carboxylic acids is 1. The summed E-state index contributed by atoms with van der Waals surface area (Å²) in [6, 6.07) is 5.18. The number of hydrogen-bond acceptors (Lipinski definition) is 5. The Morgan fingerprint density at radius 1 is 1.07 bits per heavy atom. The van der Waals surface area contributed by atoms with E-state index in [0.29, 0.717) is 29.0 Å². The minimum absolute atomic E-state index is 0.0806. The van der Waals surface area contributed by atoms with Gasteiger partial charge in [-0.1, -0.05) is 47.6 Å². The van der Waals surface area contributed by atoms with Gasteiger partial charge in [0.2, 0.25) is 0 Å². The van der Waals surface area contributed by atoms with Gasteiger partial charge in [-0.25, -0.2) is 4.98 Å². The number of amides is 1. The van der Waals surface area contributed by atoms with E-state index in [1.807, 2.05) is 6.92 Å². The first kappa shape index (κ1) is 23.8. The van der Waals surface area contributed by atoms with Gasteiger partial charge < -0.3 is 19.6 Å². The first-order valence-corrected chi connectivity index (χ1v) is 11.9. The normalized spacial score (nSPS) is 14.6. The molecule has 0 saturated carbocycles. The summed E-state index contributed by atoms with van der Waals surface area (Å²) >= 11 is 0. The van der Waals surface area contributed by atoms with Gasteiger partial charge in [0, 0.05) is 6.20 Å². The van der Waals surface area contributed by atoms with Crippen LogP contribution in [-0.4, -0.2) is 49.7 Å². The van der Waals surface area contributed by atoms with Crippen LogP contribution in [0.3, 0.4) is 0 Å². The van der Waals surface area contributed by atoms with Crippen molar-refractivity contribution in [3.63, 3.8) is 0 Å². The first-order chi connectivity index (χ1) is 12.6. The SMILES string of the molecule is CC(CO[Si](C(C)C)(C(C)C)C(C)C)OCC(O)C(=O)Nc1ccccn1. The van der Waals surface area contributed by atoms with Crippen LogP contribution in [0, 0.1) is 0 Å². The van der Waals surface area contributed by atoms with Crippen molar-refractivity contribution in [1.82, 2.24) is 4.98 Å². The molecule has 0 aromatic carbocycles. The van der Waals surface area contributed by atoms with Gasteiger partial charge in [0.05, 0.1) is 19.3 Å². The molecule has 0 aliphatic rings. The Hall–Kier alpha value is -1.28. The van der Waals surface area contributed by atoms with Crippen LogP contribution in [0.2, 0.25) is 16.6 Å². The second kappa shape index (κ2) is 10.9. The van der Waals surface area contributed by atoms with Crippen LogP contribution < -0.4 is 5.32 Å². The lowest BCUT2D eigenvalue weighted by atomic mass is 10.3. The Labute approximate surface area is 164 Å². The highest BCUT2D eigenvalue weighted by molar-refractivity contribution is 6.77. The lowest BCUT2D eigenvalue weighted by Gasteiger charge is -2.42. The maximum Gasteiger partial charge on any atom is 0.256 e. The highest BCUT2D eigenvalue weighted by atomic mass is 28.4. The van der Waals surface area contributed by atoms with Gasteiger partial charge in [0.1, 0.15) is 5.82 Å². The molecular formula is C20H36N2O4Si. The molecule has 0 spiro atoms. The van der Waals surface area contributed by atoms with Crippen LogP contribution in [0.15, 0.2) is 24.4 Å². The van der Waals surface area contributed by atoms with Gasteiger partial charge in [-0.15, -0.1) is 0 Å². The second-order valence-corrected chi connectivity index (χ2v) is 13.5. The fourth-order valence-electron chi connectivity index (χ4n) is 3.79. The van der Waals surface area contributed by atoms with E-state index in [0.717, 1.165) is 0 Å². The average Bonchev–Trinajstić information content (AvgIpc) is 2.60. The molecule has 2 N–H and O–H groups in total. The van der Waals surface area contributed by atoms with E-state index >= 15 is 0 Å². The largest absolute Gasteiger partial charge is 0.413 e. The topological polar surface area (TPSA) is 80.7 Å². The number of aromatic nitrogens is 1. The van der Waals surface area contributed by atoms with E-state index in [2.05, 4.69) is 51.8 Å². The third-order valence-corrected chi connectivity index (χ3v) is 11.1. The Kier molecular flexibility index (Phi) is 9.59. The molecule has 1 aromatic rings. The number of aliphatic hydroxyl groups is 1. The highest BCUT2D eigenvalue weighted by Gasteiger charge is 2.45. The van der Waals surface area contributed by atoms with Crippen molar-refractivity contribution in [3.8, 4) is 0 Å². The Morgan fingerprint density at radius 2 is 1.67 bits per heavy atom. The number of rotatable bonds is 11. The van der Waals surface area contributed by atoms with E-state index in [-0.39, 0.29) is 12.7 Å². The van der Waals surface area contributed by atoms with Crippen molar-refractivity contribution in [3.05, 3.63) is 24.4 Å². The first-order valence-electron chi connectivity index (χ1n) is 9.76. The van der Waals surface area contributed by atoms with E-state index in [4.69, 9.17) is 9.16 Å². The summed E-state index contributed by atoms with van der Waals surface area (Å²) in [5.41, 5.74) is 1.50. The summed E-state index contributed by atoms with van der Waals surface area (Å²) in [7, 11) is -1.95. The quantitative estimate of drug-likeness (QED) is 0.553. The maximum atomic E-state index is 12.0. The number of carbonyl (C=O) groups is 1. The molecule has 1 amide bonds. The molecule has 1 heterocycles. The minimum Gasteiger partial charge on any atom is -0.413 e. The number of nitrogens with zero attached hydrogens (tertiary/aromatic N) is 1. The van der Waals surface area contributed by atoms with Gasteiger partial charge in [-0.2, -0.15) is 0 Å². The fraction of sp³-hybridized carbons (Fsp3) is 0.700. The zero-order chi connectivity index (χ0) is 20.6. The molecular weight excluding hydrogens is 360 g/mol. The van der Waals surface area contributed by atoms with Crippen LogP contribution >= 0.6 is 0 Å². The standard InChI is InChI=1S/C20H36N2O4Si/c1-14(2)27(15(3)4,16(5)6)26-12-17(7)25-13-18(23)20(24)22-19-10-8-9-11-21-19/h8-11,14-18,23H,12-13H2,1-7H3,(H,21,22,24). The molecule has 0 aliphatic heterocycles. The van der Waals surface area contributed by atoms with E-state index < -0.39 is 20.3 Å². The van der Waals surface area contributed by atoms with E-state index in [9.17, 15) is 9.90 Å². The van der Waals surface area contributed by atoms with Crippen molar-refractivity contribution >= 4 is 20.0 Å². The molecule has 1 aromatic heterocycles. The highest BCUT2D eigenvalue weighted by Crippen LogP contribution is 2.42. The summed E-state index contributed by atoms with van der Waals surface area (Å²) < 4.78 is 12.1. The Balaban J connectivity index is 2.51. The summed E-state index contributed by atoms with van der Waals surface area (Å²) in [6.07, 6.45) is 0.119. The molecule has 7 heteroatoms. The van der Waals surface area contributed by atoms with Crippen molar-refractivity contribution < 1.29 is 19.1 Å². The second-order valence-electron chi connectivity index (χ2n) is 7.99. The smallest absolute Gasteiger partial charge is 0.256 e. The molecule has 0 fully saturated rings. The van der Waals surface area contributed by atoms with Crippen molar-refractivity contribution in [2.75, 3.05) is 18.5 Å². The zero-order valence-corrected chi connectivity index (χ0v) is 18.7. The fourth-order valence-corrected chi connectivity index (χ4v) is 9.31. The molecule has 6 nitrogen and oxygen atoms in total. The lowest BCUT2D eigenvalue weighted by Crippen LogP contribution is -2.49. The average molecular weight is 397 g/mol. The van der Waals surface area contributed by atoms with Gasteiger partial charge in [-0.3, -0.25) is 4.79 Å². The van der Waals surface area contributed by atoms with Crippen LogP contribution in [0.5, 0.6) is 0 Å². The number of aliphatic hydroxyl groups excluding tert-OH is 1. The molecule has 2 unspecified atom stereocenters. The summed E-state index contributed by atoms with van der Waals surface area (Å²) in [5, 5.41) is 12.6. The summed E-state index contributed by atoms with van der Waals surface area (Å²) in [5.74, 6) is -0.128. The number of anilines is 1. The Morgan fingerprint density at radius 3 is 2.15 bits per heavy atom. The van der Waals surface area contributed by atoms with Crippen LogP contribution in [0.1, 0.15) is 48.5 Å². The monoisotopic (exact) mass is 396 g/mol. The number of nitrogens with one attached hydrogen (secondary N) is 1. The van der Waals surface area contributed by atoms with Crippen LogP contribution in [0.4, 0.5) is 5.82 Å². The predicted octanol–water partition coefficient (Wildman–Crippen LogP) is 3.98. The molecule has 0 aliphatic carbocycles. The molecule has 0 radical (unpaired) electrons.